The predicted octanol–water partition coefficient (Wildman–Crippen LogP) is 2.04. The molecule has 1 aromatic heterocycles. The van der Waals surface area contributed by atoms with Crippen molar-refractivity contribution in [3.05, 3.63) is 16.1 Å². The monoisotopic (exact) mass is 240 g/mol. The van der Waals surface area contributed by atoms with Gasteiger partial charge in [0, 0.05) is 18.0 Å². The third-order valence-electron chi connectivity index (χ3n) is 3.44. The maximum absolute atomic E-state index is 9.64. The average molecular weight is 240 g/mol. The van der Waals surface area contributed by atoms with Gasteiger partial charge >= 0.3 is 0 Å². The maximum Gasteiger partial charge on any atom is 0.0798 e. The van der Waals surface area contributed by atoms with Crippen LogP contribution in [-0.2, 0) is 6.54 Å². The average Bonchev–Trinajstić information content (AvgIpc) is 2.65. The summed E-state index contributed by atoms with van der Waals surface area (Å²) in [6.45, 7) is 7.16. The van der Waals surface area contributed by atoms with E-state index in [1.165, 1.54) is 11.3 Å². The predicted molar refractivity (Wildman–Crippen MR) is 66.5 cm³/mol. The molecule has 4 heteroatoms. The lowest BCUT2D eigenvalue weighted by atomic mass is 9.93. The van der Waals surface area contributed by atoms with Crippen molar-refractivity contribution in [2.24, 2.45) is 5.92 Å². The van der Waals surface area contributed by atoms with Crippen molar-refractivity contribution in [1.29, 1.82) is 0 Å². The Kier molecular flexibility index (Phi) is 3.95. The molecule has 0 radical (unpaired) electrons. The number of aromatic nitrogens is 1. The maximum atomic E-state index is 9.64. The van der Waals surface area contributed by atoms with Gasteiger partial charge in [0.05, 0.1) is 17.3 Å². The minimum Gasteiger partial charge on any atom is -0.393 e. The van der Waals surface area contributed by atoms with E-state index in [1.807, 2.05) is 12.4 Å². The van der Waals surface area contributed by atoms with Gasteiger partial charge in [-0.3, -0.25) is 4.90 Å². The van der Waals surface area contributed by atoms with Gasteiger partial charge in [-0.1, -0.05) is 0 Å². The summed E-state index contributed by atoms with van der Waals surface area (Å²) in [5, 5.41) is 9.64. The Balaban J connectivity index is 1.93. The summed E-state index contributed by atoms with van der Waals surface area (Å²) in [5.74, 6) is 0.446. The molecule has 3 nitrogen and oxygen atoms in total. The van der Waals surface area contributed by atoms with E-state index in [-0.39, 0.29) is 6.10 Å². The van der Waals surface area contributed by atoms with Crippen LogP contribution in [0.15, 0.2) is 5.51 Å². The van der Waals surface area contributed by atoms with Crippen molar-refractivity contribution in [2.75, 3.05) is 13.1 Å². The fraction of sp³-hybridized carbons (Fsp3) is 0.750. The molecular weight excluding hydrogens is 220 g/mol. The van der Waals surface area contributed by atoms with Crippen LogP contribution in [0.25, 0.3) is 0 Å². The summed E-state index contributed by atoms with van der Waals surface area (Å²) >= 11 is 1.74. The van der Waals surface area contributed by atoms with Crippen LogP contribution in [0, 0.1) is 12.8 Å². The molecule has 1 N–H and O–H groups in total. The number of hydrogen-bond acceptors (Lipinski definition) is 4. The van der Waals surface area contributed by atoms with Crippen molar-refractivity contribution >= 4 is 11.3 Å². The highest BCUT2D eigenvalue weighted by molar-refractivity contribution is 7.09. The molecule has 2 atom stereocenters. The van der Waals surface area contributed by atoms with Gasteiger partial charge < -0.3 is 5.11 Å². The Morgan fingerprint density at radius 2 is 2.50 bits per heavy atom. The summed E-state index contributed by atoms with van der Waals surface area (Å²) < 4.78 is 0. The van der Waals surface area contributed by atoms with E-state index in [0.29, 0.717) is 5.92 Å². The van der Waals surface area contributed by atoms with Gasteiger partial charge in [-0.2, -0.15) is 0 Å². The second-order valence-electron chi connectivity index (χ2n) is 4.74. The minimum atomic E-state index is -0.176. The Morgan fingerprint density at radius 1 is 1.69 bits per heavy atom. The molecule has 0 unspecified atom stereocenters. The third-order valence-corrected chi connectivity index (χ3v) is 4.36. The molecule has 2 rings (SSSR count). The fourth-order valence-electron chi connectivity index (χ4n) is 2.31. The van der Waals surface area contributed by atoms with Crippen LogP contribution in [0.3, 0.4) is 0 Å². The zero-order valence-electron chi connectivity index (χ0n) is 10.0. The van der Waals surface area contributed by atoms with Gasteiger partial charge in [-0.15, -0.1) is 11.3 Å². The SMILES string of the molecule is Cc1ncsc1CN1CCC[C@@H]([C@@H](C)O)C1. The van der Waals surface area contributed by atoms with Gasteiger partial charge in [-0.05, 0) is 39.2 Å². The molecule has 1 aliphatic heterocycles. The molecule has 0 amide bonds. The molecule has 2 heterocycles. The molecule has 0 aliphatic carbocycles. The first-order valence-electron chi connectivity index (χ1n) is 5.96. The zero-order chi connectivity index (χ0) is 11.5. The molecule has 0 saturated carbocycles. The number of piperidine rings is 1. The summed E-state index contributed by atoms with van der Waals surface area (Å²) in [6.07, 6.45) is 2.19. The third kappa shape index (κ3) is 2.81. The van der Waals surface area contributed by atoms with E-state index < -0.39 is 0 Å². The van der Waals surface area contributed by atoms with Crippen molar-refractivity contribution < 1.29 is 5.11 Å². The summed E-state index contributed by atoms with van der Waals surface area (Å²) in [6, 6.07) is 0. The zero-order valence-corrected chi connectivity index (χ0v) is 10.8. The molecule has 1 fully saturated rings. The van der Waals surface area contributed by atoms with Crippen molar-refractivity contribution in [2.45, 2.75) is 39.3 Å². The van der Waals surface area contributed by atoms with E-state index in [4.69, 9.17) is 0 Å². The number of thiazole rings is 1. The first-order chi connectivity index (χ1) is 7.66. The normalized spacial score (nSPS) is 24.6. The van der Waals surface area contributed by atoms with Gasteiger partial charge in [0.25, 0.3) is 0 Å². The first kappa shape index (κ1) is 12.0. The van der Waals surface area contributed by atoms with Gasteiger partial charge in [0.15, 0.2) is 0 Å². The molecule has 1 aromatic rings. The molecule has 0 aromatic carbocycles. The number of likely N-dealkylation sites (tertiary alicyclic amines) is 1. The van der Waals surface area contributed by atoms with Gasteiger partial charge in [0.2, 0.25) is 0 Å². The van der Waals surface area contributed by atoms with Crippen LogP contribution in [-0.4, -0.2) is 34.2 Å². The Labute approximate surface area is 101 Å². The molecule has 0 spiro atoms. The van der Waals surface area contributed by atoms with Crippen molar-refractivity contribution in [1.82, 2.24) is 9.88 Å². The topological polar surface area (TPSA) is 36.4 Å². The largest absolute Gasteiger partial charge is 0.393 e. The van der Waals surface area contributed by atoms with Gasteiger partial charge in [-0.25, -0.2) is 4.98 Å². The fourth-order valence-corrected chi connectivity index (χ4v) is 3.13. The molecule has 1 saturated heterocycles. The minimum absolute atomic E-state index is 0.176. The smallest absolute Gasteiger partial charge is 0.0798 e. The van der Waals surface area contributed by atoms with Crippen LogP contribution in [0.1, 0.15) is 30.3 Å². The summed E-state index contributed by atoms with van der Waals surface area (Å²) in [4.78, 5) is 8.09. The molecule has 1 aliphatic rings. The highest BCUT2D eigenvalue weighted by Gasteiger charge is 2.23. The van der Waals surface area contributed by atoms with E-state index in [9.17, 15) is 5.11 Å². The van der Waals surface area contributed by atoms with Crippen LogP contribution < -0.4 is 0 Å². The lowest BCUT2D eigenvalue weighted by Crippen LogP contribution is -2.38. The van der Waals surface area contributed by atoms with Gasteiger partial charge in [0.1, 0.15) is 0 Å². The number of aliphatic hydroxyl groups excluding tert-OH is 1. The lowest BCUT2D eigenvalue weighted by Gasteiger charge is -2.33. The molecule has 0 bridgehead atoms. The number of aryl methyl sites for hydroxylation is 1. The standard InChI is InChI=1S/C12H20N2OS/c1-9-12(16-8-13-9)7-14-5-3-4-11(6-14)10(2)15/h8,10-11,15H,3-7H2,1-2H3/t10-,11-/m1/s1. The summed E-state index contributed by atoms with van der Waals surface area (Å²) in [5.41, 5.74) is 3.07. The number of hydrogen-bond donors (Lipinski definition) is 1. The Hall–Kier alpha value is -0.450. The lowest BCUT2D eigenvalue weighted by molar-refractivity contribution is 0.0602. The number of nitrogens with zero attached hydrogens (tertiary/aromatic N) is 2. The first-order valence-corrected chi connectivity index (χ1v) is 6.84. The van der Waals surface area contributed by atoms with Crippen molar-refractivity contribution in [3.8, 4) is 0 Å². The Bertz CT molecular complexity index is 338. The quantitative estimate of drug-likeness (QED) is 0.878. The van der Waals surface area contributed by atoms with Crippen LogP contribution in [0.5, 0.6) is 0 Å². The second kappa shape index (κ2) is 5.25. The summed E-state index contributed by atoms with van der Waals surface area (Å²) in [7, 11) is 0. The number of rotatable bonds is 3. The second-order valence-corrected chi connectivity index (χ2v) is 5.68. The van der Waals surface area contributed by atoms with Crippen LogP contribution >= 0.6 is 11.3 Å². The molecular formula is C12H20N2OS. The van der Waals surface area contributed by atoms with E-state index in [1.54, 1.807) is 11.3 Å². The highest BCUT2D eigenvalue weighted by Crippen LogP contribution is 2.23. The van der Waals surface area contributed by atoms with Crippen LogP contribution in [0.2, 0.25) is 0 Å². The van der Waals surface area contributed by atoms with Crippen LogP contribution in [0.4, 0.5) is 0 Å². The van der Waals surface area contributed by atoms with Crippen molar-refractivity contribution in [3.63, 3.8) is 0 Å². The molecule has 90 valence electrons. The van der Waals surface area contributed by atoms with E-state index >= 15 is 0 Å². The Morgan fingerprint density at radius 3 is 3.12 bits per heavy atom. The molecule has 16 heavy (non-hydrogen) atoms. The van der Waals surface area contributed by atoms with E-state index in [2.05, 4.69) is 16.8 Å². The van der Waals surface area contributed by atoms with E-state index in [0.717, 1.165) is 31.7 Å². The number of aliphatic hydroxyl groups is 1. The highest BCUT2D eigenvalue weighted by atomic mass is 32.1.